The Labute approximate surface area is 134 Å². The molecule has 1 amide bonds. The highest BCUT2D eigenvalue weighted by atomic mass is 32.2. The molecule has 0 saturated carbocycles. The van der Waals surface area contributed by atoms with E-state index in [1.807, 2.05) is 24.0 Å². The van der Waals surface area contributed by atoms with E-state index in [1.165, 1.54) is 11.3 Å². The minimum Gasteiger partial charge on any atom is -0.380 e. The predicted octanol–water partition coefficient (Wildman–Crippen LogP) is 0.694. The highest BCUT2D eigenvalue weighted by Crippen LogP contribution is 2.41. The quantitative estimate of drug-likeness (QED) is 0.872. The fourth-order valence-corrected chi connectivity index (χ4v) is 4.60. The van der Waals surface area contributed by atoms with Gasteiger partial charge in [0, 0.05) is 35.8 Å². The molecule has 0 aliphatic carbocycles. The van der Waals surface area contributed by atoms with Crippen LogP contribution in [0.15, 0.2) is 12.1 Å². The van der Waals surface area contributed by atoms with Crippen LogP contribution in [0.5, 0.6) is 0 Å². The Hall–Kier alpha value is -0.960. The molecule has 8 heteroatoms. The van der Waals surface area contributed by atoms with Crippen molar-refractivity contribution in [2.45, 2.75) is 6.92 Å². The lowest BCUT2D eigenvalue weighted by Crippen LogP contribution is -2.43. The van der Waals surface area contributed by atoms with Crippen molar-refractivity contribution >= 4 is 27.3 Å². The summed E-state index contributed by atoms with van der Waals surface area (Å²) in [5.74, 6) is 0.220. The highest BCUT2D eigenvalue weighted by Gasteiger charge is 2.52. The van der Waals surface area contributed by atoms with Crippen LogP contribution in [-0.4, -0.2) is 58.3 Å². The lowest BCUT2D eigenvalue weighted by molar-refractivity contribution is 0.0726. The van der Waals surface area contributed by atoms with Gasteiger partial charge in [-0.15, -0.1) is 11.3 Å². The molecule has 0 unspecified atom stereocenters. The molecule has 2 saturated heterocycles. The fraction of sp³-hybridized carbons (Fsp3) is 0.643. The van der Waals surface area contributed by atoms with E-state index >= 15 is 0 Å². The third-order valence-corrected chi connectivity index (χ3v) is 6.10. The van der Waals surface area contributed by atoms with Crippen molar-refractivity contribution in [1.29, 1.82) is 0 Å². The molecular formula is C14H20N2O4S2. The van der Waals surface area contributed by atoms with Crippen LogP contribution in [0.2, 0.25) is 0 Å². The molecule has 3 rings (SSSR count). The zero-order valence-corrected chi connectivity index (χ0v) is 14.3. The van der Waals surface area contributed by atoms with E-state index < -0.39 is 10.0 Å². The van der Waals surface area contributed by atoms with Gasteiger partial charge < -0.3 is 9.64 Å². The number of amides is 1. The van der Waals surface area contributed by atoms with Crippen molar-refractivity contribution in [1.82, 2.24) is 9.62 Å². The average Bonchev–Trinajstić information content (AvgIpc) is 3.08. The number of fused-ring (bicyclic) bond motifs is 1. The second-order valence-electron chi connectivity index (χ2n) is 6.26. The minimum atomic E-state index is -3.25. The Morgan fingerprint density at radius 3 is 2.95 bits per heavy atom. The van der Waals surface area contributed by atoms with Gasteiger partial charge in [0.05, 0.1) is 24.3 Å². The first-order valence-corrected chi connectivity index (χ1v) is 9.88. The van der Waals surface area contributed by atoms with Crippen LogP contribution in [0, 0.1) is 18.3 Å². The smallest absolute Gasteiger partial charge is 0.263 e. The number of nitrogens with zero attached hydrogens (tertiary/aromatic N) is 1. The summed E-state index contributed by atoms with van der Waals surface area (Å²) in [5, 5.41) is 0. The van der Waals surface area contributed by atoms with Gasteiger partial charge in [0.15, 0.2) is 0 Å². The molecule has 22 heavy (non-hydrogen) atoms. The van der Waals surface area contributed by atoms with Crippen molar-refractivity contribution in [3.63, 3.8) is 0 Å². The second-order valence-corrected chi connectivity index (χ2v) is 9.38. The van der Waals surface area contributed by atoms with Crippen LogP contribution in [0.3, 0.4) is 0 Å². The monoisotopic (exact) mass is 344 g/mol. The Balaban J connectivity index is 1.74. The van der Waals surface area contributed by atoms with Crippen molar-refractivity contribution < 1.29 is 17.9 Å². The number of carbonyl (C=O) groups is 1. The zero-order valence-electron chi connectivity index (χ0n) is 12.7. The fourth-order valence-electron chi connectivity index (χ4n) is 3.22. The summed E-state index contributed by atoms with van der Waals surface area (Å²) in [5.41, 5.74) is -0.301. The average molecular weight is 344 g/mol. The van der Waals surface area contributed by atoms with Gasteiger partial charge in [0.25, 0.3) is 5.91 Å². The third kappa shape index (κ3) is 3.05. The van der Waals surface area contributed by atoms with Crippen LogP contribution in [-0.2, 0) is 14.8 Å². The molecular weight excluding hydrogens is 324 g/mol. The maximum Gasteiger partial charge on any atom is 0.263 e. The van der Waals surface area contributed by atoms with Gasteiger partial charge in [0.2, 0.25) is 10.0 Å². The van der Waals surface area contributed by atoms with Gasteiger partial charge in [0.1, 0.15) is 0 Å². The molecule has 0 aromatic carbocycles. The number of sulfonamides is 1. The molecule has 122 valence electrons. The van der Waals surface area contributed by atoms with Gasteiger partial charge in [-0.2, -0.15) is 0 Å². The number of likely N-dealkylation sites (tertiary alicyclic amines) is 1. The zero-order chi connectivity index (χ0) is 16.0. The molecule has 2 aliphatic heterocycles. The number of nitrogens with one attached hydrogen (secondary N) is 1. The summed E-state index contributed by atoms with van der Waals surface area (Å²) in [7, 11) is -3.25. The predicted molar refractivity (Wildman–Crippen MR) is 84.5 cm³/mol. The number of aryl methyl sites for hydroxylation is 1. The maximum atomic E-state index is 12.6. The maximum absolute atomic E-state index is 12.6. The van der Waals surface area contributed by atoms with Crippen molar-refractivity contribution in [2.75, 3.05) is 39.1 Å². The number of rotatable bonds is 4. The van der Waals surface area contributed by atoms with E-state index in [9.17, 15) is 13.2 Å². The molecule has 1 aromatic rings. The lowest BCUT2D eigenvalue weighted by Gasteiger charge is -2.26. The summed E-state index contributed by atoms with van der Waals surface area (Å²) < 4.78 is 30.9. The molecule has 6 nitrogen and oxygen atoms in total. The number of carbonyl (C=O) groups excluding carboxylic acids is 1. The molecule has 0 bridgehead atoms. The van der Waals surface area contributed by atoms with Crippen LogP contribution in [0.1, 0.15) is 14.5 Å². The van der Waals surface area contributed by atoms with Crippen molar-refractivity contribution in [3.05, 3.63) is 21.9 Å². The summed E-state index contributed by atoms with van der Waals surface area (Å²) in [6, 6.07) is 3.80. The van der Waals surface area contributed by atoms with Crippen LogP contribution >= 0.6 is 11.3 Å². The van der Waals surface area contributed by atoms with E-state index in [2.05, 4.69) is 4.72 Å². The van der Waals surface area contributed by atoms with Gasteiger partial charge in [-0.3, -0.25) is 4.79 Å². The molecule has 2 fully saturated rings. The Bertz CT molecular complexity index is 685. The summed E-state index contributed by atoms with van der Waals surface area (Å²) >= 11 is 1.49. The Morgan fingerprint density at radius 2 is 2.32 bits per heavy atom. The van der Waals surface area contributed by atoms with Crippen molar-refractivity contribution in [2.24, 2.45) is 11.3 Å². The first-order valence-electron chi connectivity index (χ1n) is 7.17. The SMILES string of the molecule is Cc1ccc(C(=O)N2C[C@@H]3COC[C@]3(CNS(C)(=O)=O)C2)s1. The third-order valence-electron chi connectivity index (χ3n) is 4.45. The van der Waals surface area contributed by atoms with Gasteiger partial charge in [-0.05, 0) is 19.1 Å². The first-order chi connectivity index (χ1) is 10.3. The normalized spacial score (nSPS) is 28.1. The highest BCUT2D eigenvalue weighted by molar-refractivity contribution is 7.88. The summed E-state index contributed by atoms with van der Waals surface area (Å²) in [4.78, 5) is 16.3. The molecule has 2 aliphatic rings. The second kappa shape index (κ2) is 5.59. The summed E-state index contributed by atoms with van der Waals surface area (Å²) in [6.45, 7) is 4.54. The molecule has 3 heterocycles. The molecule has 1 N–H and O–H groups in total. The van der Waals surface area contributed by atoms with Crippen molar-refractivity contribution in [3.8, 4) is 0 Å². The molecule has 0 radical (unpaired) electrons. The van der Waals surface area contributed by atoms with E-state index in [1.54, 1.807) is 0 Å². The number of ether oxygens (including phenoxy) is 1. The number of hydrogen-bond donors (Lipinski definition) is 1. The van der Waals surface area contributed by atoms with E-state index in [0.29, 0.717) is 32.8 Å². The molecule has 0 spiro atoms. The van der Waals surface area contributed by atoms with Gasteiger partial charge in [-0.25, -0.2) is 13.1 Å². The minimum absolute atomic E-state index is 0.0335. The largest absolute Gasteiger partial charge is 0.380 e. The topological polar surface area (TPSA) is 75.7 Å². The number of hydrogen-bond acceptors (Lipinski definition) is 5. The van der Waals surface area contributed by atoms with Gasteiger partial charge in [-0.1, -0.05) is 0 Å². The van der Waals surface area contributed by atoms with E-state index in [-0.39, 0.29) is 17.2 Å². The van der Waals surface area contributed by atoms with E-state index in [0.717, 1.165) is 16.0 Å². The van der Waals surface area contributed by atoms with Crippen LogP contribution < -0.4 is 4.72 Å². The number of thiophene rings is 1. The first kappa shape index (κ1) is 15.9. The Morgan fingerprint density at radius 1 is 1.55 bits per heavy atom. The van der Waals surface area contributed by atoms with E-state index in [4.69, 9.17) is 4.74 Å². The summed E-state index contributed by atoms with van der Waals surface area (Å²) in [6.07, 6.45) is 1.15. The van der Waals surface area contributed by atoms with Crippen LogP contribution in [0.4, 0.5) is 0 Å². The molecule has 2 atom stereocenters. The lowest BCUT2D eigenvalue weighted by atomic mass is 9.81. The van der Waals surface area contributed by atoms with Gasteiger partial charge >= 0.3 is 0 Å². The van der Waals surface area contributed by atoms with Crippen LogP contribution in [0.25, 0.3) is 0 Å². The standard InChI is InChI=1S/C14H20N2O4S2/c1-10-3-4-12(21-10)13(17)16-5-11-6-20-9-14(11,8-16)7-15-22(2,18)19/h3-4,11,15H,5-9H2,1-2H3/t11-,14+/m1/s1. The Kier molecular flexibility index (Phi) is 4.05. The molecule has 1 aromatic heterocycles.